The van der Waals surface area contributed by atoms with Crippen LogP contribution in [0.2, 0.25) is 0 Å². The molecule has 0 radical (unpaired) electrons. The lowest BCUT2D eigenvalue weighted by molar-refractivity contribution is -0.147. The molecule has 0 spiro atoms. The molecule has 0 atom stereocenters. The van der Waals surface area contributed by atoms with Crippen LogP contribution in [0.25, 0.3) is 0 Å². The maximum atomic E-state index is 12.2. The Balaban J connectivity index is 1.76. The highest BCUT2D eigenvalue weighted by molar-refractivity contribution is 5.87. The molecule has 2 rings (SSSR count). The van der Waals surface area contributed by atoms with Crippen LogP contribution in [-0.2, 0) is 14.4 Å². The number of rotatable bonds is 5. The van der Waals surface area contributed by atoms with Crippen molar-refractivity contribution < 1.29 is 19.5 Å². The average molecular weight is 324 g/mol. The van der Waals surface area contributed by atoms with Crippen molar-refractivity contribution >= 4 is 17.8 Å². The Bertz CT molecular complexity index is 461. The van der Waals surface area contributed by atoms with E-state index in [1.54, 1.807) is 0 Å². The summed E-state index contributed by atoms with van der Waals surface area (Å²) < 4.78 is 0. The van der Waals surface area contributed by atoms with Gasteiger partial charge in [0.25, 0.3) is 0 Å². The predicted molar refractivity (Wildman–Crippen MR) is 85.7 cm³/mol. The summed E-state index contributed by atoms with van der Waals surface area (Å²) in [6.45, 7) is 2.97. The fourth-order valence-corrected chi connectivity index (χ4v) is 3.47. The van der Waals surface area contributed by atoms with Crippen LogP contribution in [0.1, 0.15) is 65.2 Å². The lowest BCUT2D eigenvalue weighted by atomic mass is 9.84. The molecule has 0 aliphatic heterocycles. The van der Waals surface area contributed by atoms with Crippen LogP contribution in [0.5, 0.6) is 0 Å². The highest BCUT2D eigenvalue weighted by atomic mass is 16.4. The van der Waals surface area contributed by atoms with E-state index < -0.39 is 11.5 Å². The molecule has 0 aromatic rings. The van der Waals surface area contributed by atoms with Crippen molar-refractivity contribution in [3.63, 3.8) is 0 Å². The first-order valence-electron chi connectivity index (χ1n) is 8.65. The van der Waals surface area contributed by atoms with E-state index in [0.29, 0.717) is 12.8 Å². The van der Waals surface area contributed by atoms with Crippen LogP contribution in [0.3, 0.4) is 0 Å². The molecule has 6 heteroatoms. The second-order valence-corrected chi connectivity index (χ2v) is 7.46. The van der Waals surface area contributed by atoms with Crippen LogP contribution < -0.4 is 10.6 Å². The number of hydrogen-bond donors (Lipinski definition) is 3. The van der Waals surface area contributed by atoms with Gasteiger partial charge in [0.05, 0.1) is 0 Å². The molecular formula is C17H28N2O4. The van der Waals surface area contributed by atoms with Crippen molar-refractivity contribution in [3.05, 3.63) is 0 Å². The van der Waals surface area contributed by atoms with Gasteiger partial charge in [-0.1, -0.05) is 12.8 Å². The van der Waals surface area contributed by atoms with Crippen molar-refractivity contribution in [1.29, 1.82) is 0 Å². The van der Waals surface area contributed by atoms with E-state index in [4.69, 9.17) is 5.11 Å². The minimum absolute atomic E-state index is 0.152. The zero-order chi connectivity index (χ0) is 17.0. The highest BCUT2D eigenvalue weighted by Crippen LogP contribution is 2.28. The molecule has 23 heavy (non-hydrogen) atoms. The van der Waals surface area contributed by atoms with Gasteiger partial charge < -0.3 is 15.7 Å². The Hall–Kier alpha value is -1.59. The van der Waals surface area contributed by atoms with Crippen LogP contribution in [-0.4, -0.2) is 34.5 Å². The highest BCUT2D eigenvalue weighted by Gasteiger charge is 2.34. The fraction of sp³-hybridized carbons (Fsp3) is 0.824. The summed E-state index contributed by atoms with van der Waals surface area (Å²) in [6.07, 6.45) is 7.22. The molecule has 6 nitrogen and oxygen atoms in total. The minimum atomic E-state index is -1.25. The van der Waals surface area contributed by atoms with Gasteiger partial charge in [-0.05, 0) is 52.4 Å². The Labute approximate surface area is 137 Å². The Kier molecular flexibility index (Phi) is 5.65. The third kappa shape index (κ3) is 4.69. The number of carbonyl (C=O) groups is 3. The van der Waals surface area contributed by atoms with Gasteiger partial charge >= 0.3 is 5.97 Å². The molecule has 2 saturated carbocycles. The number of amides is 2. The summed E-state index contributed by atoms with van der Waals surface area (Å²) in [5.74, 6) is -1.05. The molecule has 2 aliphatic carbocycles. The van der Waals surface area contributed by atoms with E-state index in [-0.39, 0.29) is 29.7 Å². The SMILES string of the molecule is CC(C)(NC(=O)C1CCC(NC(=O)C2CCCC2)CC1)C(=O)O. The van der Waals surface area contributed by atoms with Crippen molar-refractivity contribution in [2.75, 3.05) is 0 Å². The second kappa shape index (κ2) is 7.32. The smallest absolute Gasteiger partial charge is 0.328 e. The molecule has 2 aliphatic rings. The van der Waals surface area contributed by atoms with Gasteiger partial charge in [0.15, 0.2) is 0 Å². The van der Waals surface area contributed by atoms with Gasteiger partial charge in [-0.25, -0.2) is 4.79 Å². The third-order valence-electron chi connectivity index (χ3n) is 5.14. The number of nitrogens with one attached hydrogen (secondary N) is 2. The number of hydrogen-bond acceptors (Lipinski definition) is 3. The normalized spacial score (nSPS) is 25.8. The van der Waals surface area contributed by atoms with E-state index in [1.165, 1.54) is 13.8 Å². The predicted octanol–water partition coefficient (Wildman–Crippen LogP) is 1.83. The van der Waals surface area contributed by atoms with E-state index in [2.05, 4.69) is 10.6 Å². The summed E-state index contributed by atoms with van der Waals surface area (Å²) in [5.41, 5.74) is -1.25. The summed E-state index contributed by atoms with van der Waals surface area (Å²) in [5, 5.41) is 14.8. The molecular weight excluding hydrogens is 296 g/mol. The first kappa shape index (κ1) is 17.8. The molecule has 0 unspecified atom stereocenters. The van der Waals surface area contributed by atoms with Crippen LogP contribution >= 0.6 is 0 Å². The van der Waals surface area contributed by atoms with Crippen LogP contribution in [0.15, 0.2) is 0 Å². The van der Waals surface area contributed by atoms with E-state index >= 15 is 0 Å². The molecule has 0 bridgehead atoms. The number of aliphatic carboxylic acids is 1. The van der Waals surface area contributed by atoms with Crippen molar-refractivity contribution in [2.45, 2.75) is 76.8 Å². The largest absolute Gasteiger partial charge is 0.480 e. The summed E-state index contributed by atoms with van der Waals surface area (Å²) in [6, 6.07) is 0.152. The lowest BCUT2D eigenvalue weighted by Gasteiger charge is -2.31. The standard InChI is InChI=1S/C17H28N2O4/c1-17(2,16(22)23)19-15(21)12-7-9-13(10-8-12)18-14(20)11-5-3-4-6-11/h11-13H,3-10H2,1-2H3,(H,18,20)(H,19,21)(H,22,23). The second-order valence-electron chi connectivity index (χ2n) is 7.46. The molecule has 0 heterocycles. The minimum Gasteiger partial charge on any atom is -0.480 e. The van der Waals surface area contributed by atoms with Gasteiger partial charge in [0.1, 0.15) is 5.54 Å². The molecule has 0 aromatic heterocycles. The van der Waals surface area contributed by atoms with Crippen molar-refractivity contribution in [1.82, 2.24) is 10.6 Å². The third-order valence-corrected chi connectivity index (χ3v) is 5.14. The topological polar surface area (TPSA) is 95.5 Å². The van der Waals surface area contributed by atoms with Gasteiger partial charge in [-0.3, -0.25) is 9.59 Å². The summed E-state index contributed by atoms with van der Waals surface area (Å²) in [4.78, 5) is 35.4. The number of carbonyl (C=O) groups excluding carboxylic acids is 2. The lowest BCUT2D eigenvalue weighted by Crippen LogP contribution is -2.52. The molecule has 2 amide bonds. The zero-order valence-corrected chi connectivity index (χ0v) is 14.1. The van der Waals surface area contributed by atoms with Crippen LogP contribution in [0, 0.1) is 11.8 Å². The van der Waals surface area contributed by atoms with E-state index in [0.717, 1.165) is 38.5 Å². The van der Waals surface area contributed by atoms with Crippen molar-refractivity contribution in [2.24, 2.45) is 11.8 Å². The summed E-state index contributed by atoms with van der Waals surface area (Å²) >= 11 is 0. The maximum absolute atomic E-state index is 12.2. The molecule has 0 saturated heterocycles. The van der Waals surface area contributed by atoms with Gasteiger partial charge in [0.2, 0.25) is 11.8 Å². The molecule has 130 valence electrons. The van der Waals surface area contributed by atoms with Gasteiger partial charge in [-0.2, -0.15) is 0 Å². The zero-order valence-electron chi connectivity index (χ0n) is 14.1. The molecule has 0 aromatic carbocycles. The first-order chi connectivity index (χ1) is 10.8. The van der Waals surface area contributed by atoms with Gasteiger partial charge in [-0.15, -0.1) is 0 Å². The summed E-state index contributed by atoms with van der Waals surface area (Å²) in [7, 11) is 0. The molecule has 2 fully saturated rings. The monoisotopic (exact) mass is 324 g/mol. The van der Waals surface area contributed by atoms with E-state index in [1.807, 2.05) is 0 Å². The first-order valence-corrected chi connectivity index (χ1v) is 8.65. The number of carboxylic acid groups (broad SMARTS) is 1. The Morgan fingerprint density at radius 1 is 0.870 bits per heavy atom. The quantitative estimate of drug-likeness (QED) is 0.719. The molecule has 3 N–H and O–H groups in total. The number of carboxylic acids is 1. The Morgan fingerprint density at radius 3 is 1.91 bits per heavy atom. The van der Waals surface area contributed by atoms with Gasteiger partial charge in [0, 0.05) is 17.9 Å². The average Bonchev–Trinajstić information content (AvgIpc) is 3.01. The van der Waals surface area contributed by atoms with Crippen molar-refractivity contribution in [3.8, 4) is 0 Å². The Morgan fingerprint density at radius 2 is 1.39 bits per heavy atom. The van der Waals surface area contributed by atoms with E-state index in [9.17, 15) is 14.4 Å². The maximum Gasteiger partial charge on any atom is 0.328 e. The fourth-order valence-electron chi connectivity index (χ4n) is 3.47. The van der Waals surface area contributed by atoms with Crippen LogP contribution in [0.4, 0.5) is 0 Å².